The van der Waals surface area contributed by atoms with Gasteiger partial charge in [-0.3, -0.25) is 0 Å². The van der Waals surface area contributed by atoms with Gasteiger partial charge in [0.2, 0.25) is 0 Å². The van der Waals surface area contributed by atoms with Crippen molar-refractivity contribution in [2.24, 2.45) is 0 Å². The van der Waals surface area contributed by atoms with Gasteiger partial charge >= 0.3 is 12.1 Å². The Labute approximate surface area is 88.4 Å². The molecule has 0 saturated carbocycles. The van der Waals surface area contributed by atoms with Crippen LogP contribution in [0.4, 0.5) is 13.2 Å². The fourth-order valence-electron chi connectivity index (χ4n) is 1.13. The molecule has 16 heavy (non-hydrogen) atoms. The predicted octanol–water partition coefficient (Wildman–Crippen LogP) is 2.51. The van der Waals surface area contributed by atoms with E-state index in [1.54, 1.807) is 0 Å². The Bertz CT molecular complexity index is 435. The second-order valence-electron chi connectivity index (χ2n) is 2.91. The van der Waals surface area contributed by atoms with Crippen molar-refractivity contribution in [2.45, 2.75) is 6.18 Å². The predicted molar refractivity (Wildman–Crippen MR) is 49.8 cm³/mol. The first-order valence-corrected chi connectivity index (χ1v) is 4.12. The molecule has 3 nitrogen and oxygen atoms in total. The largest absolute Gasteiger partial charge is 0.507 e. The summed E-state index contributed by atoms with van der Waals surface area (Å²) in [6, 6.07) is 2.86. The van der Waals surface area contributed by atoms with Crippen molar-refractivity contribution in [3.63, 3.8) is 0 Å². The highest BCUT2D eigenvalue weighted by atomic mass is 19.4. The molecule has 0 aliphatic rings. The third kappa shape index (κ3) is 2.75. The molecule has 0 spiro atoms. The number of hydrogen-bond acceptors (Lipinski definition) is 2. The van der Waals surface area contributed by atoms with Crippen LogP contribution in [0.1, 0.15) is 11.1 Å². The van der Waals surface area contributed by atoms with Gasteiger partial charge in [0.1, 0.15) is 5.75 Å². The standard InChI is InChI=1S/C10H7F3O3/c11-10(12,13)7-2-1-3-8(14)6(7)4-5-9(15)16/h1-5,14H,(H,15,16)/b5-4+. The zero-order valence-electron chi connectivity index (χ0n) is 7.82. The molecular weight excluding hydrogens is 225 g/mol. The van der Waals surface area contributed by atoms with E-state index in [-0.39, 0.29) is 0 Å². The Morgan fingerprint density at radius 1 is 1.31 bits per heavy atom. The van der Waals surface area contributed by atoms with E-state index in [0.29, 0.717) is 12.2 Å². The van der Waals surface area contributed by atoms with Gasteiger partial charge in [-0.2, -0.15) is 13.2 Å². The summed E-state index contributed by atoms with van der Waals surface area (Å²) in [5.74, 6) is -2.01. The minimum atomic E-state index is -4.64. The quantitative estimate of drug-likeness (QED) is 0.770. The summed E-state index contributed by atoms with van der Waals surface area (Å²) in [4.78, 5) is 10.2. The molecular formula is C10H7F3O3. The van der Waals surface area contributed by atoms with Gasteiger partial charge in [-0.25, -0.2) is 4.79 Å². The molecule has 0 bridgehead atoms. The fraction of sp³-hybridized carbons (Fsp3) is 0.100. The molecule has 0 unspecified atom stereocenters. The summed E-state index contributed by atoms with van der Waals surface area (Å²) < 4.78 is 37.4. The van der Waals surface area contributed by atoms with Crippen LogP contribution < -0.4 is 0 Å². The molecule has 86 valence electrons. The maximum atomic E-state index is 12.5. The smallest absolute Gasteiger partial charge is 0.417 e. The lowest BCUT2D eigenvalue weighted by Crippen LogP contribution is -2.07. The van der Waals surface area contributed by atoms with E-state index in [9.17, 15) is 23.1 Å². The molecule has 2 N–H and O–H groups in total. The molecule has 0 fully saturated rings. The van der Waals surface area contributed by atoms with Crippen LogP contribution in [-0.2, 0) is 11.0 Å². The maximum absolute atomic E-state index is 12.5. The highest BCUT2D eigenvalue weighted by Crippen LogP contribution is 2.36. The Hall–Kier alpha value is -1.98. The Morgan fingerprint density at radius 3 is 2.44 bits per heavy atom. The first-order chi connectivity index (χ1) is 7.32. The topological polar surface area (TPSA) is 57.5 Å². The number of halogens is 3. The van der Waals surface area contributed by atoms with Gasteiger partial charge in [-0.15, -0.1) is 0 Å². The number of rotatable bonds is 2. The lowest BCUT2D eigenvalue weighted by atomic mass is 10.1. The van der Waals surface area contributed by atoms with Gasteiger partial charge in [-0.05, 0) is 18.2 Å². The number of carbonyl (C=O) groups is 1. The van der Waals surface area contributed by atoms with Crippen molar-refractivity contribution < 1.29 is 28.2 Å². The van der Waals surface area contributed by atoms with E-state index in [4.69, 9.17) is 5.11 Å². The van der Waals surface area contributed by atoms with Crippen molar-refractivity contribution >= 4 is 12.0 Å². The van der Waals surface area contributed by atoms with Crippen molar-refractivity contribution in [1.82, 2.24) is 0 Å². The number of hydrogen-bond donors (Lipinski definition) is 2. The highest BCUT2D eigenvalue weighted by molar-refractivity contribution is 5.86. The number of carboxylic acid groups (broad SMARTS) is 1. The van der Waals surface area contributed by atoms with Gasteiger partial charge in [0.15, 0.2) is 0 Å². The summed E-state index contributed by atoms with van der Waals surface area (Å²) >= 11 is 0. The lowest BCUT2D eigenvalue weighted by Gasteiger charge is -2.10. The number of alkyl halides is 3. The summed E-state index contributed by atoms with van der Waals surface area (Å²) in [5.41, 5.74) is -1.64. The van der Waals surface area contributed by atoms with Gasteiger partial charge < -0.3 is 10.2 Å². The molecule has 1 aromatic carbocycles. The van der Waals surface area contributed by atoms with Crippen LogP contribution in [0.15, 0.2) is 24.3 Å². The molecule has 0 amide bonds. The average molecular weight is 232 g/mol. The first-order valence-electron chi connectivity index (χ1n) is 4.12. The monoisotopic (exact) mass is 232 g/mol. The molecule has 6 heteroatoms. The Balaban J connectivity index is 3.30. The number of carboxylic acids is 1. The van der Waals surface area contributed by atoms with Crippen molar-refractivity contribution in [2.75, 3.05) is 0 Å². The molecule has 1 rings (SSSR count). The van der Waals surface area contributed by atoms with E-state index >= 15 is 0 Å². The van der Waals surface area contributed by atoms with Crippen LogP contribution >= 0.6 is 0 Å². The fourth-order valence-corrected chi connectivity index (χ4v) is 1.13. The average Bonchev–Trinajstić information content (AvgIpc) is 2.13. The Kier molecular flexibility index (Phi) is 3.22. The van der Waals surface area contributed by atoms with Gasteiger partial charge in [0.05, 0.1) is 5.56 Å². The highest BCUT2D eigenvalue weighted by Gasteiger charge is 2.33. The maximum Gasteiger partial charge on any atom is 0.417 e. The van der Waals surface area contributed by atoms with Crippen molar-refractivity contribution in [3.8, 4) is 5.75 Å². The Morgan fingerprint density at radius 2 is 1.94 bits per heavy atom. The lowest BCUT2D eigenvalue weighted by molar-refractivity contribution is -0.138. The third-order valence-electron chi connectivity index (χ3n) is 1.78. The molecule has 0 radical (unpaired) electrons. The SMILES string of the molecule is O=C(O)/C=C/c1c(O)cccc1C(F)(F)F. The van der Waals surface area contributed by atoms with Gasteiger partial charge in [0.25, 0.3) is 0 Å². The zero-order valence-corrected chi connectivity index (χ0v) is 7.82. The number of benzene rings is 1. The van der Waals surface area contributed by atoms with E-state index in [1.807, 2.05) is 0 Å². The molecule has 0 aromatic heterocycles. The summed E-state index contributed by atoms with van der Waals surface area (Å²) in [7, 11) is 0. The number of phenolic OH excluding ortho intramolecular Hbond substituents is 1. The normalized spacial score (nSPS) is 11.9. The van der Waals surface area contributed by atoms with Crippen LogP contribution in [0, 0.1) is 0 Å². The second-order valence-corrected chi connectivity index (χ2v) is 2.91. The molecule has 0 heterocycles. The van der Waals surface area contributed by atoms with Crippen molar-refractivity contribution in [3.05, 3.63) is 35.4 Å². The summed E-state index contributed by atoms with van der Waals surface area (Å²) in [6.45, 7) is 0. The van der Waals surface area contributed by atoms with Gasteiger partial charge in [-0.1, -0.05) is 6.07 Å². The van der Waals surface area contributed by atoms with Crippen LogP contribution in [0.25, 0.3) is 6.08 Å². The third-order valence-corrected chi connectivity index (χ3v) is 1.78. The molecule has 0 aliphatic carbocycles. The van der Waals surface area contributed by atoms with Crippen LogP contribution in [0.5, 0.6) is 5.75 Å². The van der Waals surface area contributed by atoms with E-state index < -0.39 is 29.0 Å². The summed E-state index contributed by atoms with van der Waals surface area (Å²) in [6.07, 6.45) is -3.40. The second kappa shape index (κ2) is 4.26. The van der Waals surface area contributed by atoms with E-state index in [0.717, 1.165) is 18.2 Å². The minimum Gasteiger partial charge on any atom is -0.507 e. The summed E-state index contributed by atoms with van der Waals surface area (Å²) in [5, 5.41) is 17.5. The molecule has 0 aliphatic heterocycles. The number of aromatic hydroxyl groups is 1. The van der Waals surface area contributed by atoms with Crippen LogP contribution in [0.3, 0.4) is 0 Å². The number of aliphatic carboxylic acids is 1. The van der Waals surface area contributed by atoms with Gasteiger partial charge in [0, 0.05) is 11.6 Å². The minimum absolute atomic E-state index is 0.532. The van der Waals surface area contributed by atoms with E-state index in [1.165, 1.54) is 0 Å². The molecule has 0 saturated heterocycles. The molecule has 1 aromatic rings. The van der Waals surface area contributed by atoms with Crippen molar-refractivity contribution in [1.29, 1.82) is 0 Å². The van der Waals surface area contributed by atoms with Crippen LogP contribution in [0.2, 0.25) is 0 Å². The zero-order chi connectivity index (χ0) is 12.3. The van der Waals surface area contributed by atoms with Crippen LogP contribution in [-0.4, -0.2) is 16.2 Å². The number of phenols is 1. The first kappa shape index (κ1) is 12.1. The van der Waals surface area contributed by atoms with E-state index in [2.05, 4.69) is 0 Å². The molecule has 0 atom stereocenters.